The van der Waals surface area contributed by atoms with Crippen molar-refractivity contribution in [3.8, 4) is 0 Å². The van der Waals surface area contributed by atoms with Crippen LogP contribution in [0.15, 0.2) is 5.03 Å². The molecule has 1 N–H and O–H groups in total. The van der Waals surface area contributed by atoms with E-state index in [1.165, 1.54) is 6.92 Å². The van der Waals surface area contributed by atoms with Gasteiger partial charge in [-0.1, -0.05) is 0 Å². The third-order valence-corrected chi connectivity index (χ3v) is 2.37. The van der Waals surface area contributed by atoms with Crippen molar-refractivity contribution in [2.75, 3.05) is 0 Å². The van der Waals surface area contributed by atoms with Gasteiger partial charge in [0, 0.05) is 17.6 Å². The predicted octanol–water partition coefficient (Wildman–Crippen LogP) is 0.554. The van der Waals surface area contributed by atoms with Gasteiger partial charge in [0.1, 0.15) is 0 Å². The zero-order valence-electron chi connectivity index (χ0n) is 6.31. The van der Waals surface area contributed by atoms with Gasteiger partial charge < -0.3 is 10.1 Å². The Hall–Kier alpha value is -1.15. The Morgan fingerprint density at radius 2 is 2.15 bits per heavy atom. The Labute approximate surface area is 77.3 Å². The van der Waals surface area contributed by atoms with Crippen molar-refractivity contribution in [1.82, 2.24) is 9.97 Å². The van der Waals surface area contributed by atoms with Crippen LogP contribution in [0.1, 0.15) is 5.82 Å². The lowest BCUT2D eigenvalue weighted by molar-refractivity contribution is -0.392. The summed E-state index contributed by atoms with van der Waals surface area (Å²) in [7, 11) is 0.737. The molecule has 1 heterocycles. The molecule has 0 atom stereocenters. The van der Waals surface area contributed by atoms with Gasteiger partial charge >= 0.3 is 5.82 Å². The third-order valence-electron chi connectivity index (χ3n) is 1.18. The molecule has 9 heteroatoms. The van der Waals surface area contributed by atoms with E-state index in [0.717, 1.165) is 0 Å². The molecular weight excluding hydrogens is 222 g/mol. The van der Waals surface area contributed by atoms with Crippen LogP contribution >= 0.6 is 10.7 Å². The van der Waals surface area contributed by atoms with Gasteiger partial charge in [0.2, 0.25) is 0 Å². The summed E-state index contributed by atoms with van der Waals surface area (Å²) < 4.78 is 21.5. The van der Waals surface area contributed by atoms with Gasteiger partial charge in [-0.3, -0.25) is 0 Å². The van der Waals surface area contributed by atoms with Gasteiger partial charge in [-0.25, -0.2) is 13.4 Å². The van der Waals surface area contributed by atoms with Crippen LogP contribution in [0.2, 0.25) is 0 Å². The maximum Gasteiger partial charge on any atom is 0.361 e. The Morgan fingerprint density at radius 3 is 2.46 bits per heavy atom. The topological polar surface area (TPSA) is 106 Å². The SMILES string of the molecule is Cc1nc(S(=O)(=O)Cl)c([N+](=O)[O-])[nH]1. The Morgan fingerprint density at radius 1 is 1.62 bits per heavy atom. The van der Waals surface area contributed by atoms with E-state index in [0.29, 0.717) is 0 Å². The van der Waals surface area contributed by atoms with E-state index in [9.17, 15) is 18.5 Å². The number of nitrogens with one attached hydrogen (secondary N) is 1. The monoisotopic (exact) mass is 225 g/mol. The van der Waals surface area contributed by atoms with Crippen molar-refractivity contribution in [1.29, 1.82) is 0 Å². The van der Waals surface area contributed by atoms with E-state index in [2.05, 4.69) is 9.97 Å². The number of hydrogen-bond acceptors (Lipinski definition) is 5. The summed E-state index contributed by atoms with van der Waals surface area (Å²) in [6, 6.07) is 0. The largest absolute Gasteiger partial charge is 0.361 e. The highest BCUT2D eigenvalue weighted by Gasteiger charge is 2.28. The van der Waals surface area contributed by atoms with Crippen molar-refractivity contribution >= 4 is 25.6 Å². The molecule has 0 aromatic carbocycles. The summed E-state index contributed by atoms with van der Waals surface area (Å²) in [5.74, 6) is -0.599. The zero-order chi connectivity index (χ0) is 10.2. The summed E-state index contributed by atoms with van der Waals surface area (Å²) in [5, 5.41) is 9.54. The number of aromatic amines is 1. The minimum absolute atomic E-state index is 0.117. The standard InChI is InChI=1S/C4H4ClN3O4S/c1-2-6-3(8(9)10)4(7-2)13(5,11)12/h1H3,(H,6,7). The normalized spacial score (nSPS) is 11.5. The Kier molecular flexibility index (Phi) is 2.26. The number of nitro groups is 1. The highest BCUT2D eigenvalue weighted by atomic mass is 35.7. The minimum Gasteiger partial charge on any atom is -0.358 e. The average Bonchev–Trinajstić information content (AvgIpc) is 2.29. The van der Waals surface area contributed by atoms with Gasteiger partial charge in [0.25, 0.3) is 14.1 Å². The number of halogens is 1. The second kappa shape index (κ2) is 2.96. The molecule has 0 spiro atoms. The number of aryl methyl sites for hydroxylation is 1. The predicted molar refractivity (Wildman–Crippen MR) is 43.0 cm³/mol. The molecule has 0 aliphatic rings. The molecule has 0 unspecified atom stereocenters. The molecule has 13 heavy (non-hydrogen) atoms. The molecule has 0 amide bonds. The molecule has 0 radical (unpaired) electrons. The summed E-state index contributed by atoms with van der Waals surface area (Å²) >= 11 is 0. The van der Waals surface area contributed by atoms with Gasteiger partial charge in [-0.05, 0) is 4.92 Å². The summed E-state index contributed by atoms with van der Waals surface area (Å²) in [5.41, 5.74) is 0. The molecule has 1 aromatic rings. The Bertz CT molecular complexity index is 450. The van der Waals surface area contributed by atoms with Crippen LogP contribution in [0.5, 0.6) is 0 Å². The van der Waals surface area contributed by atoms with Crippen LogP contribution in [0.25, 0.3) is 0 Å². The molecule has 1 aromatic heterocycles. The van der Waals surface area contributed by atoms with Crippen molar-refractivity contribution in [3.05, 3.63) is 15.9 Å². The third kappa shape index (κ3) is 1.95. The molecule has 0 aliphatic carbocycles. The lowest BCUT2D eigenvalue weighted by atomic mass is 10.7. The van der Waals surface area contributed by atoms with Crippen LogP contribution in [0.4, 0.5) is 5.82 Å². The fourth-order valence-electron chi connectivity index (χ4n) is 0.752. The summed E-state index contributed by atoms with van der Waals surface area (Å²) in [6.07, 6.45) is 0. The van der Waals surface area contributed by atoms with E-state index in [1.807, 2.05) is 0 Å². The molecular formula is C4H4ClN3O4S. The van der Waals surface area contributed by atoms with Crippen LogP contribution in [0.3, 0.4) is 0 Å². The van der Waals surface area contributed by atoms with E-state index >= 15 is 0 Å². The molecule has 0 saturated carbocycles. The fraction of sp³-hybridized carbons (Fsp3) is 0.250. The second-order valence-electron chi connectivity index (χ2n) is 2.17. The summed E-state index contributed by atoms with van der Waals surface area (Å²) in [6.45, 7) is 1.39. The van der Waals surface area contributed by atoms with Crippen LogP contribution < -0.4 is 0 Å². The molecule has 0 saturated heterocycles. The first-order valence-corrected chi connectivity index (χ1v) is 5.29. The zero-order valence-corrected chi connectivity index (χ0v) is 7.89. The molecule has 0 bridgehead atoms. The minimum atomic E-state index is -4.17. The van der Waals surface area contributed by atoms with E-state index in [1.54, 1.807) is 0 Å². The maximum absolute atomic E-state index is 10.7. The van der Waals surface area contributed by atoms with Crippen molar-refractivity contribution < 1.29 is 13.3 Å². The highest BCUT2D eigenvalue weighted by molar-refractivity contribution is 8.13. The van der Waals surface area contributed by atoms with E-state index in [-0.39, 0.29) is 5.82 Å². The summed E-state index contributed by atoms with van der Waals surface area (Å²) in [4.78, 5) is 15.0. The molecule has 1 rings (SSSR count). The number of nitrogens with zero attached hydrogens (tertiary/aromatic N) is 2. The van der Waals surface area contributed by atoms with Gasteiger partial charge in [-0.15, -0.1) is 0 Å². The van der Waals surface area contributed by atoms with Crippen molar-refractivity contribution in [3.63, 3.8) is 0 Å². The molecule has 0 fully saturated rings. The Balaban J connectivity index is 3.46. The first-order chi connectivity index (χ1) is 5.82. The average molecular weight is 226 g/mol. The smallest absolute Gasteiger partial charge is 0.358 e. The van der Waals surface area contributed by atoms with Gasteiger partial charge in [-0.2, -0.15) is 4.98 Å². The highest BCUT2D eigenvalue weighted by Crippen LogP contribution is 2.23. The van der Waals surface area contributed by atoms with Crippen molar-refractivity contribution in [2.24, 2.45) is 0 Å². The first-order valence-electron chi connectivity index (χ1n) is 2.98. The van der Waals surface area contributed by atoms with Crippen LogP contribution in [-0.4, -0.2) is 23.3 Å². The lowest BCUT2D eigenvalue weighted by Crippen LogP contribution is -1.97. The first kappa shape index (κ1) is 9.93. The van der Waals surface area contributed by atoms with Crippen LogP contribution in [-0.2, 0) is 9.05 Å². The van der Waals surface area contributed by atoms with Gasteiger partial charge in [0.15, 0.2) is 5.82 Å². The number of aromatic nitrogens is 2. The van der Waals surface area contributed by atoms with Crippen molar-refractivity contribution in [2.45, 2.75) is 11.9 Å². The molecule has 72 valence electrons. The molecule has 0 aliphatic heterocycles. The quantitative estimate of drug-likeness (QED) is 0.450. The van der Waals surface area contributed by atoms with E-state index in [4.69, 9.17) is 10.7 Å². The van der Waals surface area contributed by atoms with Crippen LogP contribution in [0, 0.1) is 17.0 Å². The second-order valence-corrected chi connectivity index (χ2v) is 4.65. The number of hydrogen-bond donors (Lipinski definition) is 1. The number of H-pyrrole nitrogens is 1. The lowest BCUT2D eigenvalue weighted by Gasteiger charge is -1.90. The maximum atomic E-state index is 10.7. The van der Waals surface area contributed by atoms with E-state index < -0.39 is 24.8 Å². The molecule has 7 nitrogen and oxygen atoms in total. The number of rotatable bonds is 2. The van der Waals surface area contributed by atoms with Gasteiger partial charge in [0.05, 0.1) is 0 Å². The fourth-order valence-corrected chi connectivity index (χ4v) is 1.68. The number of imidazole rings is 1.